The van der Waals surface area contributed by atoms with Crippen LogP contribution in [-0.4, -0.2) is 23.5 Å². The number of carbonyl (C=O) groups is 2. The Kier molecular flexibility index (Phi) is 7.41. The van der Waals surface area contributed by atoms with Crippen LogP contribution in [0, 0.1) is 22.7 Å². The molecular formula is C17H33NO3. The SMILES string of the molecule is CC(CC(=O)NCC(CC(C)(C)C)C(=O)O)CC(C)(C)C. The molecule has 0 aromatic carbocycles. The van der Waals surface area contributed by atoms with E-state index in [4.69, 9.17) is 0 Å². The average Bonchev–Trinajstić information content (AvgIpc) is 2.19. The van der Waals surface area contributed by atoms with E-state index in [1.165, 1.54) is 0 Å². The van der Waals surface area contributed by atoms with Crippen LogP contribution in [-0.2, 0) is 9.59 Å². The maximum atomic E-state index is 11.9. The van der Waals surface area contributed by atoms with Crippen molar-refractivity contribution in [1.82, 2.24) is 5.32 Å². The Morgan fingerprint density at radius 2 is 1.48 bits per heavy atom. The van der Waals surface area contributed by atoms with Gasteiger partial charge in [0.25, 0.3) is 0 Å². The largest absolute Gasteiger partial charge is 0.481 e. The molecule has 0 aliphatic heterocycles. The predicted octanol–water partition coefficient (Wildman–Crippen LogP) is 3.70. The quantitative estimate of drug-likeness (QED) is 0.753. The van der Waals surface area contributed by atoms with Crippen LogP contribution in [0.5, 0.6) is 0 Å². The van der Waals surface area contributed by atoms with Gasteiger partial charge < -0.3 is 10.4 Å². The van der Waals surface area contributed by atoms with E-state index in [1.807, 2.05) is 20.8 Å². The molecule has 2 N–H and O–H groups in total. The molecule has 0 aliphatic carbocycles. The molecule has 0 rings (SSSR count). The highest BCUT2D eigenvalue weighted by atomic mass is 16.4. The van der Waals surface area contributed by atoms with Gasteiger partial charge in [-0.1, -0.05) is 48.5 Å². The highest BCUT2D eigenvalue weighted by Crippen LogP contribution is 2.26. The molecule has 2 atom stereocenters. The van der Waals surface area contributed by atoms with E-state index >= 15 is 0 Å². The molecule has 124 valence electrons. The minimum Gasteiger partial charge on any atom is -0.481 e. The van der Waals surface area contributed by atoms with Crippen molar-refractivity contribution in [1.29, 1.82) is 0 Å². The van der Waals surface area contributed by atoms with Crippen molar-refractivity contribution < 1.29 is 14.7 Å². The van der Waals surface area contributed by atoms with Crippen molar-refractivity contribution in [3.63, 3.8) is 0 Å². The Labute approximate surface area is 129 Å². The van der Waals surface area contributed by atoms with Crippen LogP contribution in [0.4, 0.5) is 0 Å². The molecule has 0 aliphatic rings. The van der Waals surface area contributed by atoms with E-state index < -0.39 is 11.9 Å². The van der Waals surface area contributed by atoms with Gasteiger partial charge in [-0.2, -0.15) is 0 Å². The molecule has 4 nitrogen and oxygen atoms in total. The van der Waals surface area contributed by atoms with Crippen LogP contribution in [0.15, 0.2) is 0 Å². The zero-order chi connectivity index (χ0) is 16.8. The fraction of sp³-hybridized carbons (Fsp3) is 0.882. The highest BCUT2D eigenvalue weighted by molar-refractivity contribution is 5.77. The van der Waals surface area contributed by atoms with Gasteiger partial charge in [-0.3, -0.25) is 9.59 Å². The predicted molar refractivity (Wildman–Crippen MR) is 86.1 cm³/mol. The zero-order valence-electron chi connectivity index (χ0n) is 14.7. The van der Waals surface area contributed by atoms with E-state index in [9.17, 15) is 14.7 Å². The molecule has 0 saturated heterocycles. The van der Waals surface area contributed by atoms with E-state index in [0.29, 0.717) is 18.8 Å². The summed E-state index contributed by atoms with van der Waals surface area (Å²) in [5.74, 6) is -1.11. The van der Waals surface area contributed by atoms with Crippen LogP contribution >= 0.6 is 0 Å². The minimum absolute atomic E-state index is 0.0492. The summed E-state index contributed by atoms with van der Waals surface area (Å²) < 4.78 is 0. The lowest BCUT2D eigenvalue weighted by atomic mass is 9.83. The number of amides is 1. The lowest BCUT2D eigenvalue weighted by molar-refractivity contribution is -0.142. The second kappa shape index (κ2) is 7.81. The molecule has 21 heavy (non-hydrogen) atoms. The van der Waals surface area contributed by atoms with Gasteiger partial charge >= 0.3 is 5.97 Å². The maximum Gasteiger partial charge on any atom is 0.308 e. The Hall–Kier alpha value is -1.06. The van der Waals surface area contributed by atoms with Gasteiger partial charge in [-0.05, 0) is 29.6 Å². The molecular weight excluding hydrogens is 266 g/mol. The summed E-state index contributed by atoms with van der Waals surface area (Å²) in [5, 5.41) is 12.0. The number of hydrogen-bond donors (Lipinski definition) is 2. The second-order valence-electron chi connectivity index (χ2n) is 8.68. The molecule has 2 unspecified atom stereocenters. The van der Waals surface area contributed by atoms with Crippen LogP contribution in [0.3, 0.4) is 0 Å². The van der Waals surface area contributed by atoms with Gasteiger partial charge in [0.2, 0.25) is 5.91 Å². The minimum atomic E-state index is -0.840. The highest BCUT2D eigenvalue weighted by Gasteiger charge is 2.25. The number of rotatable bonds is 7. The van der Waals surface area contributed by atoms with Crippen LogP contribution in [0.1, 0.15) is 67.7 Å². The van der Waals surface area contributed by atoms with Crippen LogP contribution in [0.2, 0.25) is 0 Å². The molecule has 4 heteroatoms. The van der Waals surface area contributed by atoms with Crippen molar-refractivity contribution in [3.8, 4) is 0 Å². The third-order valence-electron chi connectivity index (χ3n) is 3.25. The first-order valence-electron chi connectivity index (χ1n) is 7.80. The van der Waals surface area contributed by atoms with E-state index in [0.717, 1.165) is 6.42 Å². The number of hydrogen-bond acceptors (Lipinski definition) is 2. The fourth-order valence-electron chi connectivity index (χ4n) is 2.73. The summed E-state index contributed by atoms with van der Waals surface area (Å²) in [7, 11) is 0. The Morgan fingerprint density at radius 3 is 1.86 bits per heavy atom. The summed E-state index contributed by atoms with van der Waals surface area (Å²) in [6, 6.07) is 0. The third-order valence-corrected chi connectivity index (χ3v) is 3.25. The topological polar surface area (TPSA) is 66.4 Å². The van der Waals surface area contributed by atoms with Gasteiger partial charge in [0.15, 0.2) is 0 Å². The molecule has 0 heterocycles. The van der Waals surface area contributed by atoms with Gasteiger partial charge in [0.05, 0.1) is 5.92 Å². The van der Waals surface area contributed by atoms with Crippen molar-refractivity contribution in [3.05, 3.63) is 0 Å². The first-order chi connectivity index (χ1) is 9.30. The lowest BCUT2D eigenvalue weighted by Crippen LogP contribution is -2.35. The van der Waals surface area contributed by atoms with Gasteiger partial charge in [0.1, 0.15) is 0 Å². The summed E-state index contributed by atoms with van der Waals surface area (Å²) in [4.78, 5) is 23.2. The van der Waals surface area contributed by atoms with Crippen molar-refractivity contribution >= 4 is 11.9 Å². The average molecular weight is 299 g/mol. The molecule has 0 saturated carbocycles. The van der Waals surface area contributed by atoms with Gasteiger partial charge in [-0.15, -0.1) is 0 Å². The molecule has 0 spiro atoms. The molecule has 0 aromatic heterocycles. The second-order valence-corrected chi connectivity index (χ2v) is 8.68. The molecule has 0 fully saturated rings. The summed E-state index contributed by atoms with van der Waals surface area (Å²) >= 11 is 0. The number of carboxylic acids is 1. The Bertz CT molecular complexity index is 350. The first kappa shape index (κ1) is 19.9. The van der Waals surface area contributed by atoms with Crippen LogP contribution in [0.25, 0.3) is 0 Å². The number of nitrogens with one attached hydrogen (secondary N) is 1. The fourth-order valence-corrected chi connectivity index (χ4v) is 2.73. The summed E-state index contributed by atoms with van der Waals surface area (Å²) in [6.07, 6.45) is 1.99. The third kappa shape index (κ3) is 11.3. The lowest BCUT2D eigenvalue weighted by Gasteiger charge is -2.25. The number of carboxylic acid groups (broad SMARTS) is 1. The summed E-state index contributed by atoms with van der Waals surface area (Å²) in [5.41, 5.74) is 0.142. The molecule has 0 aromatic rings. The summed E-state index contributed by atoms with van der Waals surface area (Å²) in [6.45, 7) is 14.8. The van der Waals surface area contributed by atoms with Gasteiger partial charge in [-0.25, -0.2) is 0 Å². The number of aliphatic carboxylic acids is 1. The standard InChI is InChI=1S/C17H33NO3/c1-12(9-16(2,3)4)8-14(19)18-11-13(15(20)21)10-17(5,6)7/h12-13H,8-11H2,1-7H3,(H,18,19)(H,20,21). The first-order valence-corrected chi connectivity index (χ1v) is 7.80. The number of carbonyl (C=O) groups excluding carboxylic acids is 1. The normalized spacial score (nSPS) is 15.4. The smallest absolute Gasteiger partial charge is 0.308 e. The molecule has 0 bridgehead atoms. The monoisotopic (exact) mass is 299 g/mol. The van der Waals surface area contributed by atoms with Crippen LogP contribution < -0.4 is 5.32 Å². The molecule has 0 radical (unpaired) electrons. The van der Waals surface area contributed by atoms with Gasteiger partial charge in [0, 0.05) is 13.0 Å². The van der Waals surface area contributed by atoms with E-state index in [-0.39, 0.29) is 23.3 Å². The Balaban J connectivity index is 4.29. The maximum absolute atomic E-state index is 11.9. The Morgan fingerprint density at radius 1 is 1.00 bits per heavy atom. The van der Waals surface area contributed by atoms with E-state index in [1.54, 1.807) is 0 Å². The van der Waals surface area contributed by atoms with Crippen molar-refractivity contribution in [2.75, 3.05) is 6.54 Å². The van der Waals surface area contributed by atoms with Crippen molar-refractivity contribution in [2.45, 2.75) is 67.7 Å². The van der Waals surface area contributed by atoms with E-state index in [2.05, 4.69) is 33.0 Å². The molecule has 1 amide bonds. The zero-order valence-corrected chi connectivity index (χ0v) is 14.7. The van der Waals surface area contributed by atoms with Crippen molar-refractivity contribution in [2.24, 2.45) is 22.7 Å².